The molecule has 0 heterocycles. The van der Waals surface area contributed by atoms with Crippen molar-refractivity contribution in [2.45, 2.75) is 33.4 Å². The summed E-state index contributed by atoms with van der Waals surface area (Å²) in [6, 6.07) is 12.9. The van der Waals surface area contributed by atoms with Gasteiger partial charge in [-0.15, -0.1) is 0 Å². The Bertz CT molecular complexity index is 1090. The van der Waals surface area contributed by atoms with Crippen molar-refractivity contribution < 1.29 is 18.0 Å². The predicted molar refractivity (Wildman–Crippen MR) is 136 cm³/mol. The molecular weight excluding hydrogens is 530 g/mol. The predicted octanol–water partition coefficient (Wildman–Crippen LogP) is 4.06. The lowest BCUT2D eigenvalue weighted by molar-refractivity contribution is -0.139. The zero-order valence-corrected chi connectivity index (χ0v) is 22.2. The van der Waals surface area contributed by atoms with E-state index in [2.05, 4.69) is 21.2 Å². The van der Waals surface area contributed by atoms with Gasteiger partial charge in [0.05, 0.1) is 11.9 Å². The number of carbonyl (C=O) groups excluding carboxylic acids is 2. The minimum absolute atomic E-state index is 0.141. The van der Waals surface area contributed by atoms with E-state index in [1.807, 2.05) is 38.1 Å². The van der Waals surface area contributed by atoms with Crippen LogP contribution in [0.1, 0.15) is 26.3 Å². The van der Waals surface area contributed by atoms with Crippen molar-refractivity contribution in [1.82, 2.24) is 10.2 Å². The Labute approximate surface area is 209 Å². The van der Waals surface area contributed by atoms with Gasteiger partial charge in [0.15, 0.2) is 0 Å². The quantitative estimate of drug-likeness (QED) is 0.477. The summed E-state index contributed by atoms with van der Waals surface area (Å²) < 4.78 is 26.9. The maximum absolute atomic E-state index is 13.4. The summed E-state index contributed by atoms with van der Waals surface area (Å²) in [5.41, 5.74) is 1.08. The third-order valence-corrected chi connectivity index (χ3v) is 6.74. The maximum Gasteiger partial charge on any atom is 0.244 e. The Morgan fingerprint density at radius 3 is 2.33 bits per heavy atom. The lowest BCUT2D eigenvalue weighted by Gasteiger charge is -2.31. The first-order valence-corrected chi connectivity index (χ1v) is 13.4. The highest BCUT2D eigenvalue weighted by Gasteiger charge is 2.30. The minimum Gasteiger partial charge on any atom is -0.354 e. The number of sulfonamides is 1. The second-order valence-electron chi connectivity index (χ2n) is 8.22. The fourth-order valence-corrected chi connectivity index (χ4v) is 4.58. The molecule has 7 nitrogen and oxygen atoms in total. The molecule has 0 radical (unpaired) electrons. The fraction of sp³-hybridized carbons (Fsp3) is 0.391. The Morgan fingerprint density at radius 2 is 1.76 bits per heavy atom. The standard InChI is InChI=1S/C23H29BrClN3O4S/c1-16(2)13-26-23(30)17(3)27(14-18-7-5-8-19(24)11-18)22(29)15-28(33(4,31)32)21-10-6-9-20(25)12-21/h5-12,16-17H,13-15H2,1-4H3,(H,26,30)/t17-/m1/s1. The fourth-order valence-electron chi connectivity index (χ4n) is 3.11. The Hall–Kier alpha value is -2.10. The summed E-state index contributed by atoms with van der Waals surface area (Å²) in [6.45, 7) is 5.74. The number of benzene rings is 2. The first-order chi connectivity index (χ1) is 15.4. The van der Waals surface area contributed by atoms with Crippen molar-refractivity contribution in [2.75, 3.05) is 23.7 Å². The zero-order chi connectivity index (χ0) is 24.8. The molecule has 33 heavy (non-hydrogen) atoms. The van der Waals surface area contributed by atoms with Gasteiger partial charge in [-0.05, 0) is 48.7 Å². The lowest BCUT2D eigenvalue weighted by atomic mass is 10.1. The Balaban J connectivity index is 2.36. The van der Waals surface area contributed by atoms with Gasteiger partial charge in [0.25, 0.3) is 0 Å². The van der Waals surface area contributed by atoms with Crippen molar-refractivity contribution in [3.05, 3.63) is 63.6 Å². The molecule has 0 aliphatic carbocycles. The lowest BCUT2D eigenvalue weighted by Crippen LogP contribution is -2.51. The van der Waals surface area contributed by atoms with Gasteiger partial charge in [-0.2, -0.15) is 0 Å². The molecule has 2 aromatic carbocycles. The van der Waals surface area contributed by atoms with Crippen molar-refractivity contribution in [3.8, 4) is 0 Å². The van der Waals surface area contributed by atoms with Crippen LogP contribution < -0.4 is 9.62 Å². The molecule has 180 valence electrons. The van der Waals surface area contributed by atoms with E-state index in [4.69, 9.17) is 11.6 Å². The van der Waals surface area contributed by atoms with Crippen molar-refractivity contribution in [3.63, 3.8) is 0 Å². The molecular formula is C23H29BrClN3O4S. The first kappa shape index (κ1) is 27.1. The van der Waals surface area contributed by atoms with E-state index in [1.54, 1.807) is 25.1 Å². The molecule has 2 rings (SSSR count). The van der Waals surface area contributed by atoms with E-state index in [9.17, 15) is 18.0 Å². The molecule has 0 aliphatic heterocycles. The maximum atomic E-state index is 13.4. The van der Waals surface area contributed by atoms with E-state index < -0.39 is 28.5 Å². The van der Waals surface area contributed by atoms with Gasteiger partial charge in [0.1, 0.15) is 12.6 Å². The highest BCUT2D eigenvalue weighted by atomic mass is 79.9. The number of hydrogen-bond acceptors (Lipinski definition) is 4. The molecule has 0 fully saturated rings. The summed E-state index contributed by atoms with van der Waals surface area (Å²) in [4.78, 5) is 27.6. The highest BCUT2D eigenvalue weighted by Crippen LogP contribution is 2.23. The SMILES string of the molecule is CC(C)CNC(=O)[C@@H](C)N(Cc1cccc(Br)c1)C(=O)CN(c1cccc(Cl)c1)S(C)(=O)=O. The molecule has 0 saturated heterocycles. The number of nitrogens with zero attached hydrogens (tertiary/aromatic N) is 2. The largest absolute Gasteiger partial charge is 0.354 e. The molecule has 1 atom stereocenters. The number of rotatable bonds is 10. The molecule has 0 bridgehead atoms. The average molecular weight is 559 g/mol. The van der Waals surface area contributed by atoms with Crippen LogP contribution in [0.3, 0.4) is 0 Å². The second kappa shape index (κ2) is 11.9. The number of halogens is 2. The molecule has 10 heteroatoms. The molecule has 0 aromatic heterocycles. The van der Waals surface area contributed by atoms with Crippen LogP contribution in [0, 0.1) is 5.92 Å². The van der Waals surface area contributed by atoms with Crippen LogP contribution in [-0.4, -0.2) is 50.5 Å². The summed E-state index contributed by atoms with van der Waals surface area (Å²) in [7, 11) is -3.79. The van der Waals surface area contributed by atoms with Gasteiger partial charge in [-0.25, -0.2) is 8.42 Å². The number of carbonyl (C=O) groups is 2. The highest BCUT2D eigenvalue weighted by molar-refractivity contribution is 9.10. The molecule has 2 amide bonds. The van der Waals surface area contributed by atoms with Crippen LogP contribution in [0.25, 0.3) is 0 Å². The monoisotopic (exact) mass is 557 g/mol. The normalized spacial score (nSPS) is 12.3. The van der Waals surface area contributed by atoms with Gasteiger partial charge in [-0.1, -0.05) is 59.6 Å². The summed E-state index contributed by atoms with van der Waals surface area (Å²) in [6.07, 6.45) is 1.03. The zero-order valence-electron chi connectivity index (χ0n) is 19.1. The number of amides is 2. The summed E-state index contributed by atoms with van der Waals surface area (Å²) >= 11 is 9.46. The van der Waals surface area contributed by atoms with Gasteiger partial charge in [0.2, 0.25) is 21.8 Å². The Kier molecular flexibility index (Phi) is 9.75. The van der Waals surface area contributed by atoms with Crippen LogP contribution >= 0.6 is 27.5 Å². The minimum atomic E-state index is -3.79. The van der Waals surface area contributed by atoms with E-state index in [1.165, 1.54) is 11.0 Å². The van der Waals surface area contributed by atoms with Crippen molar-refractivity contribution in [1.29, 1.82) is 0 Å². The number of anilines is 1. The Morgan fingerprint density at radius 1 is 1.09 bits per heavy atom. The molecule has 0 spiro atoms. The molecule has 2 aromatic rings. The molecule has 0 saturated carbocycles. The summed E-state index contributed by atoms with van der Waals surface area (Å²) in [5.74, 6) is -0.563. The first-order valence-electron chi connectivity index (χ1n) is 10.4. The van der Waals surface area contributed by atoms with Gasteiger partial charge >= 0.3 is 0 Å². The second-order valence-corrected chi connectivity index (χ2v) is 11.5. The molecule has 0 unspecified atom stereocenters. The molecule has 1 N–H and O–H groups in total. The van der Waals surface area contributed by atoms with Crippen molar-refractivity contribution >= 4 is 55.1 Å². The average Bonchev–Trinajstić information content (AvgIpc) is 2.72. The van der Waals surface area contributed by atoms with E-state index in [0.29, 0.717) is 11.6 Å². The number of nitrogens with one attached hydrogen (secondary N) is 1. The van der Waals surface area contributed by atoms with Crippen LogP contribution in [0.5, 0.6) is 0 Å². The van der Waals surface area contributed by atoms with E-state index in [0.717, 1.165) is 20.6 Å². The van der Waals surface area contributed by atoms with Crippen molar-refractivity contribution in [2.24, 2.45) is 5.92 Å². The third kappa shape index (κ3) is 8.32. The third-order valence-electron chi connectivity index (χ3n) is 4.87. The van der Waals surface area contributed by atoms with Gasteiger partial charge < -0.3 is 10.2 Å². The van der Waals surface area contributed by atoms with E-state index in [-0.39, 0.29) is 24.1 Å². The van der Waals surface area contributed by atoms with Crippen LogP contribution in [0.2, 0.25) is 5.02 Å². The summed E-state index contributed by atoms with van der Waals surface area (Å²) in [5, 5.41) is 3.19. The van der Waals surface area contributed by atoms with Crippen LogP contribution in [-0.2, 0) is 26.2 Å². The van der Waals surface area contributed by atoms with Crippen LogP contribution in [0.15, 0.2) is 53.0 Å². The number of hydrogen-bond donors (Lipinski definition) is 1. The van der Waals surface area contributed by atoms with Gasteiger partial charge in [0, 0.05) is 22.6 Å². The van der Waals surface area contributed by atoms with E-state index >= 15 is 0 Å². The molecule has 0 aliphatic rings. The van der Waals surface area contributed by atoms with Crippen LogP contribution in [0.4, 0.5) is 5.69 Å². The topological polar surface area (TPSA) is 86.8 Å². The smallest absolute Gasteiger partial charge is 0.244 e. The van der Waals surface area contributed by atoms with Gasteiger partial charge in [-0.3, -0.25) is 13.9 Å².